The van der Waals surface area contributed by atoms with Gasteiger partial charge >= 0.3 is 0 Å². The number of hydrogen-bond donors (Lipinski definition) is 6. The van der Waals surface area contributed by atoms with E-state index in [-0.39, 0.29) is 12.5 Å². The van der Waals surface area contributed by atoms with Gasteiger partial charge < -0.3 is 40.3 Å². The first kappa shape index (κ1) is 83.2. The molecule has 7 atom stereocenters. The van der Waals surface area contributed by atoms with Gasteiger partial charge in [0.05, 0.1) is 25.4 Å². The molecule has 1 heterocycles. The average molecular weight is 1230 g/mol. The summed E-state index contributed by atoms with van der Waals surface area (Å²) in [7, 11) is 0. The van der Waals surface area contributed by atoms with Crippen molar-refractivity contribution in [1.29, 1.82) is 0 Å². The van der Waals surface area contributed by atoms with Crippen LogP contribution in [0.4, 0.5) is 0 Å². The number of nitrogens with one attached hydrogen (secondary N) is 1. The van der Waals surface area contributed by atoms with E-state index in [4.69, 9.17) is 9.47 Å². The van der Waals surface area contributed by atoms with Gasteiger partial charge in [-0.05, 0) is 51.4 Å². The van der Waals surface area contributed by atoms with Crippen LogP contribution in [-0.4, -0.2) is 87.5 Å². The van der Waals surface area contributed by atoms with Crippen molar-refractivity contribution in [1.82, 2.24) is 5.32 Å². The summed E-state index contributed by atoms with van der Waals surface area (Å²) in [5, 5.41) is 55.0. The summed E-state index contributed by atoms with van der Waals surface area (Å²) in [6, 6.07) is -0.719. The van der Waals surface area contributed by atoms with Crippen LogP contribution in [0, 0.1) is 0 Å². The Kier molecular flexibility index (Phi) is 64.1. The molecule has 0 bridgehead atoms. The third-order valence-corrected chi connectivity index (χ3v) is 18.4. The van der Waals surface area contributed by atoms with Crippen LogP contribution in [-0.2, 0) is 14.3 Å². The topological polar surface area (TPSA) is 149 Å². The number of carbonyl (C=O) groups is 1. The first-order valence-electron chi connectivity index (χ1n) is 38.3. The normalized spacial score (nSPS) is 18.2. The van der Waals surface area contributed by atoms with Gasteiger partial charge in [-0.25, -0.2) is 0 Å². The standard InChI is InChI=1S/C78H147NO8/c1-3-5-7-9-11-13-15-17-19-21-23-25-27-29-30-31-32-33-34-35-36-37-38-39-40-41-42-44-46-48-50-52-54-56-58-60-62-64-66-68-74(82)79-71(70-86-78-77(85)76(84)75(83)73(69-80)87-78)72(81)67-65-63-61-59-57-55-53-51-49-47-45-43-28-26-24-22-20-18-16-14-12-10-8-6-4-2/h5,7,11,13,17,19,23,25,71-73,75-78,80-81,83-85H,3-4,6,8-10,12,14-16,18,20-22,24,26-70H2,1-2H3,(H,79,82)/b7-5-,13-11-,19-17-,25-23-. The van der Waals surface area contributed by atoms with Gasteiger partial charge in [-0.3, -0.25) is 4.79 Å². The summed E-state index contributed by atoms with van der Waals surface area (Å²) in [5.41, 5.74) is 0. The van der Waals surface area contributed by atoms with E-state index in [0.29, 0.717) is 12.8 Å². The number of amides is 1. The van der Waals surface area contributed by atoms with Crippen molar-refractivity contribution >= 4 is 5.91 Å². The molecule has 0 radical (unpaired) electrons. The van der Waals surface area contributed by atoms with Crippen molar-refractivity contribution in [3.8, 4) is 0 Å². The van der Waals surface area contributed by atoms with Gasteiger partial charge in [0.1, 0.15) is 24.4 Å². The van der Waals surface area contributed by atoms with Crippen LogP contribution in [0.25, 0.3) is 0 Å². The zero-order valence-corrected chi connectivity index (χ0v) is 57.5. The van der Waals surface area contributed by atoms with E-state index in [1.807, 2.05) is 0 Å². The van der Waals surface area contributed by atoms with Gasteiger partial charge in [-0.15, -0.1) is 0 Å². The van der Waals surface area contributed by atoms with Crippen molar-refractivity contribution in [3.05, 3.63) is 48.6 Å². The summed E-state index contributed by atoms with van der Waals surface area (Å²) in [6.45, 7) is 3.78. The maximum Gasteiger partial charge on any atom is 0.220 e. The van der Waals surface area contributed by atoms with Crippen molar-refractivity contribution in [2.24, 2.45) is 0 Å². The minimum absolute atomic E-state index is 0.133. The molecule has 0 aromatic heterocycles. The van der Waals surface area contributed by atoms with Gasteiger partial charge in [-0.2, -0.15) is 0 Å². The largest absolute Gasteiger partial charge is 0.394 e. The van der Waals surface area contributed by atoms with Crippen LogP contribution in [0.2, 0.25) is 0 Å². The molecule has 0 spiro atoms. The summed E-state index contributed by atoms with van der Waals surface area (Å²) in [4.78, 5) is 13.2. The Hall–Kier alpha value is -1.85. The maximum atomic E-state index is 13.2. The molecule has 1 amide bonds. The first-order valence-corrected chi connectivity index (χ1v) is 38.3. The molecule has 9 heteroatoms. The van der Waals surface area contributed by atoms with E-state index < -0.39 is 49.5 Å². The molecule has 1 fully saturated rings. The highest BCUT2D eigenvalue weighted by molar-refractivity contribution is 5.76. The van der Waals surface area contributed by atoms with E-state index in [0.717, 1.165) is 64.2 Å². The third kappa shape index (κ3) is 55.5. The van der Waals surface area contributed by atoms with Crippen LogP contribution >= 0.6 is 0 Å². The quantitative estimate of drug-likeness (QED) is 0.0261. The van der Waals surface area contributed by atoms with Gasteiger partial charge in [0.25, 0.3) is 0 Å². The second-order valence-corrected chi connectivity index (χ2v) is 26.8. The lowest BCUT2D eigenvalue weighted by Crippen LogP contribution is -2.60. The number of aliphatic hydroxyl groups excluding tert-OH is 5. The van der Waals surface area contributed by atoms with Crippen LogP contribution in [0.1, 0.15) is 386 Å². The molecule has 512 valence electrons. The molecule has 1 aliphatic heterocycles. The summed E-state index contributed by atoms with van der Waals surface area (Å²) in [6.07, 6.45) is 85.0. The number of ether oxygens (including phenoxy) is 2. The predicted molar refractivity (Wildman–Crippen MR) is 373 cm³/mol. The first-order chi connectivity index (χ1) is 42.8. The van der Waals surface area contributed by atoms with Crippen molar-refractivity contribution in [3.63, 3.8) is 0 Å². The fourth-order valence-corrected chi connectivity index (χ4v) is 12.5. The van der Waals surface area contributed by atoms with E-state index in [2.05, 4.69) is 67.8 Å². The van der Waals surface area contributed by atoms with E-state index >= 15 is 0 Å². The van der Waals surface area contributed by atoms with Crippen LogP contribution in [0.3, 0.4) is 0 Å². The molecule has 9 nitrogen and oxygen atoms in total. The van der Waals surface area contributed by atoms with E-state index in [9.17, 15) is 30.3 Å². The Morgan fingerprint density at radius 1 is 0.402 bits per heavy atom. The lowest BCUT2D eigenvalue weighted by atomic mass is 9.99. The number of unbranched alkanes of at least 4 members (excludes halogenated alkanes) is 50. The van der Waals surface area contributed by atoms with Gasteiger partial charge in [0, 0.05) is 6.42 Å². The van der Waals surface area contributed by atoms with Gasteiger partial charge in [0.2, 0.25) is 5.91 Å². The van der Waals surface area contributed by atoms with Crippen LogP contribution in [0.5, 0.6) is 0 Å². The second kappa shape index (κ2) is 67.1. The SMILES string of the molecule is CC/C=C\C/C=C\C/C=C\C/C=C\CCCCCCCCCCCCCCCCCCCCCCCCCCCCC(=O)NC(COC1OC(CO)C(O)C(O)C1O)C(O)CCCCCCCCCCCCCCCCCCCCCCCCCCC. The molecule has 0 saturated carbocycles. The van der Waals surface area contributed by atoms with E-state index in [1.54, 1.807) is 0 Å². The molecular formula is C78H147NO8. The second-order valence-electron chi connectivity index (χ2n) is 26.8. The highest BCUT2D eigenvalue weighted by Crippen LogP contribution is 2.24. The summed E-state index contributed by atoms with van der Waals surface area (Å²) >= 11 is 0. The predicted octanol–water partition coefficient (Wildman–Crippen LogP) is 21.5. The zero-order chi connectivity index (χ0) is 62.8. The van der Waals surface area contributed by atoms with Crippen molar-refractivity contribution in [2.75, 3.05) is 13.2 Å². The number of aliphatic hydroxyl groups is 5. The highest BCUT2D eigenvalue weighted by Gasteiger charge is 2.44. The zero-order valence-electron chi connectivity index (χ0n) is 57.5. The Morgan fingerprint density at radius 2 is 0.713 bits per heavy atom. The fourth-order valence-electron chi connectivity index (χ4n) is 12.5. The van der Waals surface area contributed by atoms with Crippen LogP contribution < -0.4 is 5.32 Å². The molecule has 6 N–H and O–H groups in total. The molecule has 1 rings (SSSR count). The van der Waals surface area contributed by atoms with E-state index in [1.165, 1.54) is 295 Å². The minimum Gasteiger partial charge on any atom is -0.394 e. The molecule has 7 unspecified atom stereocenters. The Bertz CT molecular complexity index is 1520. The fraction of sp³-hybridized carbons (Fsp3) is 0.885. The maximum absolute atomic E-state index is 13.2. The van der Waals surface area contributed by atoms with Gasteiger partial charge in [-0.1, -0.05) is 377 Å². The molecule has 87 heavy (non-hydrogen) atoms. The summed E-state index contributed by atoms with van der Waals surface area (Å²) < 4.78 is 11.4. The Labute approximate surface area is 539 Å². The number of carbonyl (C=O) groups excluding carboxylic acids is 1. The Morgan fingerprint density at radius 3 is 1.06 bits per heavy atom. The Balaban J connectivity index is 2.04. The number of hydrogen-bond acceptors (Lipinski definition) is 8. The molecule has 0 aliphatic carbocycles. The van der Waals surface area contributed by atoms with Crippen molar-refractivity contribution in [2.45, 2.75) is 429 Å². The minimum atomic E-state index is -1.55. The number of rotatable bonds is 68. The molecule has 1 aliphatic rings. The lowest BCUT2D eigenvalue weighted by Gasteiger charge is -2.40. The monoisotopic (exact) mass is 1230 g/mol. The van der Waals surface area contributed by atoms with Crippen LogP contribution in [0.15, 0.2) is 48.6 Å². The smallest absolute Gasteiger partial charge is 0.220 e. The molecular weight excluding hydrogens is 1080 g/mol. The average Bonchev–Trinajstić information content (AvgIpc) is 3.38. The van der Waals surface area contributed by atoms with Crippen molar-refractivity contribution < 1.29 is 39.8 Å². The highest BCUT2D eigenvalue weighted by atomic mass is 16.7. The summed E-state index contributed by atoms with van der Waals surface area (Å²) in [5.74, 6) is -0.135. The lowest BCUT2D eigenvalue weighted by molar-refractivity contribution is -0.302. The number of allylic oxidation sites excluding steroid dienone is 8. The third-order valence-electron chi connectivity index (χ3n) is 18.4. The molecule has 0 aromatic carbocycles. The molecule has 0 aromatic rings. The van der Waals surface area contributed by atoms with Gasteiger partial charge in [0.15, 0.2) is 6.29 Å². The molecule has 1 saturated heterocycles.